The van der Waals surface area contributed by atoms with Crippen molar-refractivity contribution in [2.75, 3.05) is 5.32 Å². The van der Waals surface area contributed by atoms with Crippen molar-refractivity contribution >= 4 is 23.0 Å². The van der Waals surface area contributed by atoms with Crippen molar-refractivity contribution in [1.82, 2.24) is 19.1 Å². The van der Waals surface area contributed by atoms with Gasteiger partial charge in [0.05, 0.1) is 12.7 Å². The molecule has 0 aliphatic carbocycles. The van der Waals surface area contributed by atoms with E-state index in [1.807, 2.05) is 6.92 Å². The molecule has 2 rings (SSSR count). The van der Waals surface area contributed by atoms with E-state index in [4.69, 9.17) is 6.42 Å². The lowest BCUT2D eigenvalue weighted by molar-refractivity contribution is -0.114. The maximum atomic E-state index is 12.3. The fraction of sp³-hybridized carbons (Fsp3) is 0.385. The van der Waals surface area contributed by atoms with Gasteiger partial charge >= 0.3 is 5.69 Å². The van der Waals surface area contributed by atoms with E-state index in [2.05, 4.69) is 21.2 Å². The standard InChI is InChI=1S/C13H15N5O2/c1-4-6-17-10-8-14-12(15-9(3)19)16-11(10)18(7-5-2)13(17)20/h1,8H,5-7H2,2-3H3,(H,14,15,16,19). The first-order chi connectivity index (χ1) is 9.58. The number of imidazole rings is 1. The average Bonchev–Trinajstić information content (AvgIpc) is 2.64. The SMILES string of the molecule is C#CCn1c(=O)n(CCC)c2nc(NC(C)=O)ncc21. The third kappa shape index (κ3) is 2.40. The summed E-state index contributed by atoms with van der Waals surface area (Å²) in [7, 11) is 0. The number of fused-ring (bicyclic) bond motifs is 1. The molecule has 0 unspecified atom stereocenters. The highest BCUT2D eigenvalue weighted by atomic mass is 16.2. The maximum absolute atomic E-state index is 12.3. The van der Waals surface area contributed by atoms with E-state index in [9.17, 15) is 9.59 Å². The molecule has 104 valence electrons. The summed E-state index contributed by atoms with van der Waals surface area (Å²) in [4.78, 5) is 31.6. The Balaban J connectivity index is 2.66. The van der Waals surface area contributed by atoms with Gasteiger partial charge in [0.15, 0.2) is 5.65 Å². The fourth-order valence-electron chi connectivity index (χ4n) is 1.98. The van der Waals surface area contributed by atoms with Gasteiger partial charge in [-0.3, -0.25) is 19.2 Å². The van der Waals surface area contributed by atoms with Crippen molar-refractivity contribution in [1.29, 1.82) is 0 Å². The summed E-state index contributed by atoms with van der Waals surface area (Å²) in [6, 6.07) is 0. The van der Waals surface area contributed by atoms with Crippen molar-refractivity contribution in [3.8, 4) is 12.3 Å². The van der Waals surface area contributed by atoms with Crippen molar-refractivity contribution < 1.29 is 4.79 Å². The smallest absolute Gasteiger partial charge is 0.295 e. The molecule has 2 aromatic rings. The van der Waals surface area contributed by atoms with E-state index in [1.54, 1.807) is 4.57 Å². The second kappa shape index (κ2) is 5.57. The van der Waals surface area contributed by atoms with Gasteiger partial charge in [0.25, 0.3) is 0 Å². The van der Waals surface area contributed by atoms with Crippen LogP contribution < -0.4 is 11.0 Å². The minimum Gasteiger partial charge on any atom is -0.295 e. The van der Waals surface area contributed by atoms with E-state index in [0.29, 0.717) is 17.7 Å². The molecule has 0 aliphatic heterocycles. The van der Waals surface area contributed by atoms with Gasteiger partial charge in [-0.25, -0.2) is 9.78 Å². The number of anilines is 1. The topological polar surface area (TPSA) is 81.8 Å². The number of amides is 1. The predicted octanol–water partition coefficient (Wildman–Crippen LogP) is 0.595. The number of nitrogens with one attached hydrogen (secondary N) is 1. The van der Waals surface area contributed by atoms with Crippen LogP contribution in [-0.4, -0.2) is 25.0 Å². The van der Waals surface area contributed by atoms with Crippen LogP contribution in [0, 0.1) is 12.3 Å². The van der Waals surface area contributed by atoms with Crippen LogP contribution in [0.1, 0.15) is 20.3 Å². The second-order valence-corrected chi connectivity index (χ2v) is 4.31. The molecule has 1 amide bonds. The number of aromatic nitrogens is 4. The van der Waals surface area contributed by atoms with Gasteiger partial charge in [0, 0.05) is 13.5 Å². The number of nitrogens with zero attached hydrogens (tertiary/aromatic N) is 4. The van der Waals surface area contributed by atoms with Crippen LogP contribution in [0.5, 0.6) is 0 Å². The Kier molecular flexibility index (Phi) is 3.84. The van der Waals surface area contributed by atoms with Gasteiger partial charge in [-0.1, -0.05) is 12.8 Å². The van der Waals surface area contributed by atoms with E-state index in [0.717, 1.165) is 6.42 Å². The highest BCUT2D eigenvalue weighted by molar-refractivity contribution is 5.87. The Morgan fingerprint density at radius 1 is 1.50 bits per heavy atom. The first kappa shape index (κ1) is 13.8. The molecule has 0 aliphatic rings. The Hall–Kier alpha value is -2.62. The molecule has 0 saturated heterocycles. The molecule has 7 heteroatoms. The summed E-state index contributed by atoms with van der Waals surface area (Å²) in [5.74, 6) is 2.35. The zero-order valence-corrected chi connectivity index (χ0v) is 11.4. The summed E-state index contributed by atoms with van der Waals surface area (Å²) < 4.78 is 2.99. The van der Waals surface area contributed by atoms with Crippen molar-refractivity contribution in [2.24, 2.45) is 0 Å². The Morgan fingerprint density at radius 2 is 2.25 bits per heavy atom. The van der Waals surface area contributed by atoms with Gasteiger partial charge in [0.2, 0.25) is 11.9 Å². The molecule has 1 N–H and O–H groups in total. The number of carbonyl (C=O) groups is 1. The molecule has 0 aromatic carbocycles. The third-order valence-electron chi connectivity index (χ3n) is 2.74. The van der Waals surface area contributed by atoms with E-state index >= 15 is 0 Å². The largest absolute Gasteiger partial charge is 0.331 e. The first-order valence-electron chi connectivity index (χ1n) is 6.25. The van der Waals surface area contributed by atoms with Crippen LogP contribution in [0.2, 0.25) is 0 Å². The van der Waals surface area contributed by atoms with E-state index in [1.165, 1.54) is 17.7 Å². The summed E-state index contributed by atoms with van der Waals surface area (Å²) in [5, 5.41) is 2.50. The third-order valence-corrected chi connectivity index (χ3v) is 2.74. The van der Waals surface area contributed by atoms with Gasteiger partial charge < -0.3 is 0 Å². The molecule has 0 bridgehead atoms. The summed E-state index contributed by atoms with van der Waals surface area (Å²) in [5.41, 5.74) is 0.829. The summed E-state index contributed by atoms with van der Waals surface area (Å²) in [6.45, 7) is 4.03. The highest BCUT2D eigenvalue weighted by Gasteiger charge is 2.15. The Labute approximate surface area is 115 Å². The fourth-order valence-corrected chi connectivity index (χ4v) is 1.98. The minimum atomic E-state index is -0.267. The predicted molar refractivity (Wildman–Crippen MR) is 75.2 cm³/mol. The van der Waals surface area contributed by atoms with Crippen molar-refractivity contribution in [3.63, 3.8) is 0 Å². The van der Waals surface area contributed by atoms with Crippen molar-refractivity contribution in [2.45, 2.75) is 33.4 Å². The minimum absolute atomic E-state index is 0.162. The van der Waals surface area contributed by atoms with Gasteiger partial charge in [-0.15, -0.1) is 6.42 Å². The monoisotopic (exact) mass is 273 g/mol. The molecule has 0 fully saturated rings. The number of hydrogen-bond donors (Lipinski definition) is 1. The summed E-state index contributed by atoms with van der Waals surface area (Å²) in [6.07, 6.45) is 7.57. The Morgan fingerprint density at radius 3 is 2.85 bits per heavy atom. The average molecular weight is 273 g/mol. The molecule has 0 radical (unpaired) electrons. The molecule has 2 heterocycles. The molecule has 0 saturated carbocycles. The lowest BCUT2D eigenvalue weighted by atomic mass is 10.4. The molecule has 2 aromatic heterocycles. The second-order valence-electron chi connectivity index (χ2n) is 4.31. The van der Waals surface area contributed by atoms with Crippen LogP contribution in [-0.2, 0) is 17.9 Å². The van der Waals surface area contributed by atoms with Crippen LogP contribution in [0.3, 0.4) is 0 Å². The van der Waals surface area contributed by atoms with E-state index in [-0.39, 0.29) is 24.1 Å². The van der Waals surface area contributed by atoms with Crippen LogP contribution in [0.15, 0.2) is 11.0 Å². The maximum Gasteiger partial charge on any atom is 0.331 e. The van der Waals surface area contributed by atoms with Crippen LogP contribution in [0.25, 0.3) is 11.2 Å². The molecular formula is C13H15N5O2. The number of terminal acetylenes is 1. The lowest BCUT2D eigenvalue weighted by Crippen LogP contribution is -2.24. The molecule has 0 atom stereocenters. The van der Waals surface area contributed by atoms with Gasteiger partial charge in [0.1, 0.15) is 5.52 Å². The summed E-state index contributed by atoms with van der Waals surface area (Å²) >= 11 is 0. The molecular weight excluding hydrogens is 258 g/mol. The normalized spacial score (nSPS) is 10.4. The number of rotatable bonds is 4. The molecule has 20 heavy (non-hydrogen) atoms. The number of aryl methyl sites for hydroxylation is 1. The number of hydrogen-bond acceptors (Lipinski definition) is 4. The van der Waals surface area contributed by atoms with Gasteiger partial charge in [-0.2, -0.15) is 4.98 Å². The zero-order chi connectivity index (χ0) is 14.7. The van der Waals surface area contributed by atoms with E-state index < -0.39 is 0 Å². The van der Waals surface area contributed by atoms with Crippen LogP contribution >= 0.6 is 0 Å². The zero-order valence-electron chi connectivity index (χ0n) is 11.4. The first-order valence-corrected chi connectivity index (χ1v) is 6.25. The van der Waals surface area contributed by atoms with Gasteiger partial charge in [-0.05, 0) is 6.42 Å². The highest BCUT2D eigenvalue weighted by Crippen LogP contribution is 2.12. The van der Waals surface area contributed by atoms with Crippen LogP contribution in [0.4, 0.5) is 5.95 Å². The Bertz CT molecular complexity index is 750. The molecule has 7 nitrogen and oxygen atoms in total. The number of carbonyl (C=O) groups excluding carboxylic acids is 1. The van der Waals surface area contributed by atoms with Crippen molar-refractivity contribution in [3.05, 3.63) is 16.7 Å². The quantitative estimate of drug-likeness (QED) is 0.827. The molecule has 0 spiro atoms. The lowest BCUT2D eigenvalue weighted by Gasteiger charge is -2.02.